The summed E-state index contributed by atoms with van der Waals surface area (Å²) < 4.78 is 34.7. The molecule has 0 aliphatic carbocycles. The second-order valence-electron chi connectivity index (χ2n) is 13.6. The molecule has 2 unspecified atom stereocenters. The molecule has 0 aliphatic rings. The maximum absolute atomic E-state index is 12.6. The summed E-state index contributed by atoms with van der Waals surface area (Å²) in [5, 5.41) is 0. The first-order valence-corrected chi connectivity index (χ1v) is 20.1. The van der Waals surface area contributed by atoms with Crippen LogP contribution >= 0.6 is 7.82 Å². The number of phosphoric ester groups is 1. The fourth-order valence-electron chi connectivity index (χ4n) is 4.82. The first-order chi connectivity index (χ1) is 22.1. The minimum absolute atomic E-state index is 0.0880. The number of esters is 1. The van der Waals surface area contributed by atoms with Crippen molar-refractivity contribution >= 4 is 13.8 Å². The van der Waals surface area contributed by atoms with Crippen LogP contribution in [0.1, 0.15) is 149 Å². The highest BCUT2D eigenvalue weighted by Gasteiger charge is 2.26. The molecule has 46 heavy (non-hydrogen) atoms. The first-order valence-electron chi connectivity index (χ1n) is 18.6. The molecule has 0 saturated heterocycles. The van der Waals surface area contributed by atoms with E-state index in [-0.39, 0.29) is 25.8 Å². The number of quaternary nitrogens is 1. The van der Waals surface area contributed by atoms with Gasteiger partial charge in [-0.1, -0.05) is 122 Å². The summed E-state index contributed by atoms with van der Waals surface area (Å²) in [4.78, 5) is 22.7. The molecule has 1 N–H and O–H groups in total. The molecular formula is C37H73NO7P+. The zero-order valence-corrected chi connectivity index (χ0v) is 31.5. The van der Waals surface area contributed by atoms with E-state index >= 15 is 0 Å². The van der Waals surface area contributed by atoms with Gasteiger partial charge in [0.05, 0.1) is 34.4 Å². The molecule has 2 atom stereocenters. The summed E-state index contributed by atoms with van der Waals surface area (Å²) in [5.74, 6) is -0.325. The van der Waals surface area contributed by atoms with Crippen molar-refractivity contribution in [2.24, 2.45) is 0 Å². The van der Waals surface area contributed by atoms with E-state index in [1.54, 1.807) is 0 Å². The van der Waals surface area contributed by atoms with Crippen LogP contribution in [0.3, 0.4) is 0 Å². The van der Waals surface area contributed by atoms with Crippen LogP contribution in [0.15, 0.2) is 24.3 Å². The molecule has 0 rings (SSSR count). The number of rotatable bonds is 34. The van der Waals surface area contributed by atoms with Crippen LogP contribution in [0.2, 0.25) is 0 Å². The Kier molecular flexibility index (Phi) is 30.6. The summed E-state index contributed by atoms with van der Waals surface area (Å²) >= 11 is 0. The van der Waals surface area contributed by atoms with Crippen LogP contribution in [-0.2, 0) is 27.9 Å². The number of ether oxygens (including phenoxy) is 2. The highest BCUT2D eigenvalue weighted by Crippen LogP contribution is 2.43. The lowest BCUT2D eigenvalue weighted by atomic mass is 10.1. The third kappa shape index (κ3) is 34.3. The molecule has 0 amide bonds. The summed E-state index contributed by atoms with van der Waals surface area (Å²) in [5.41, 5.74) is 0. The maximum Gasteiger partial charge on any atom is 0.472 e. The molecule has 0 aromatic rings. The summed E-state index contributed by atoms with van der Waals surface area (Å²) in [6.07, 6.45) is 32.1. The Balaban J connectivity index is 4.23. The Morgan fingerprint density at radius 3 is 1.80 bits per heavy atom. The minimum atomic E-state index is -4.26. The number of carbonyl (C=O) groups excluding carboxylic acids is 1. The average molecular weight is 675 g/mol. The molecular weight excluding hydrogens is 601 g/mol. The predicted molar refractivity (Wildman–Crippen MR) is 192 cm³/mol. The predicted octanol–water partition coefficient (Wildman–Crippen LogP) is 10.1. The van der Waals surface area contributed by atoms with E-state index in [1.807, 2.05) is 21.1 Å². The van der Waals surface area contributed by atoms with Gasteiger partial charge in [-0.05, 0) is 44.9 Å². The Morgan fingerprint density at radius 2 is 1.20 bits per heavy atom. The number of phosphoric acid groups is 1. The van der Waals surface area contributed by atoms with Gasteiger partial charge in [-0.2, -0.15) is 0 Å². The number of unbranched alkanes of at least 4 members (excludes halogenated alkanes) is 16. The van der Waals surface area contributed by atoms with Gasteiger partial charge in [-0.15, -0.1) is 0 Å². The van der Waals surface area contributed by atoms with Crippen molar-refractivity contribution < 1.29 is 37.3 Å². The molecule has 0 spiro atoms. The molecule has 0 aromatic heterocycles. The number of nitrogens with zero attached hydrogens (tertiary/aromatic N) is 1. The lowest BCUT2D eigenvalue weighted by Gasteiger charge is -2.24. The van der Waals surface area contributed by atoms with E-state index < -0.39 is 13.9 Å². The highest BCUT2D eigenvalue weighted by atomic mass is 31.2. The first kappa shape index (κ1) is 45.0. The van der Waals surface area contributed by atoms with Gasteiger partial charge >= 0.3 is 13.8 Å². The van der Waals surface area contributed by atoms with E-state index in [0.29, 0.717) is 24.1 Å². The van der Waals surface area contributed by atoms with Crippen LogP contribution in [0.5, 0.6) is 0 Å². The van der Waals surface area contributed by atoms with Crippen LogP contribution in [0.4, 0.5) is 0 Å². The number of allylic oxidation sites excluding steroid dienone is 4. The third-order valence-electron chi connectivity index (χ3n) is 7.77. The van der Waals surface area contributed by atoms with E-state index in [1.165, 1.54) is 83.5 Å². The van der Waals surface area contributed by atoms with Crippen LogP contribution in [0.25, 0.3) is 0 Å². The summed E-state index contributed by atoms with van der Waals surface area (Å²) in [6.45, 7) is 5.55. The van der Waals surface area contributed by atoms with E-state index in [0.717, 1.165) is 44.9 Å². The van der Waals surface area contributed by atoms with E-state index in [2.05, 4.69) is 38.2 Å². The van der Waals surface area contributed by atoms with Crippen molar-refractivity contribution in [1.82, 2.24) is 0 Å². The second kappa shape index (κ2) is 31.3. The molecule has 0 bridgehead atoms. The Bertz CT molecular complexity index is 797. The zero-order chi connectivity index (χ0) is 34.2. The van der Waals surface area contributed by atoms with Gasteiger partial charge in [0, 0.05) is 13.0 Å². The van der Waals surface area contributed by atoms with Crippen molar-refractivity contribution in [2.75, 3.05) is 54.1 Å². The van der Waals surface area contributed by atoms with Crippen LogP contribution < -0.4 is 0 Å². The van der Waals surface area contributed by atoms with Gasteiger partial charge < -0.3 is 18.9 Å². The van der Waals surface area contributed by atoms with Gasteiger partial charge in [0.1, 0.15) is 19.3 Å². The Labute approximate surface area is 283 Å². The second-order valence-corrected chi connectivity index (χ2v) is 15.1. The summed E-state index contributed by atoms with van der Waals surface area (Å²) in [7, 11) is 1.66. The zero-order valence-electron chi connectivity index (χ0n) is 30.6. The van der Waals surface area contributed by atoms with Crippen molar-refractivity contribution in [3.05, 3.63) is 24.3 Å². The molecule has 0 heterocycles. The number of hydrogen-bond donors (Lipinski definition) is 1. The normalized spacial score (nSPS) is 14.3. The largest absolute Gasteiger partial charge is 0.472 e. The maximum atomic E-state index is 12.6. The number of hydrogen-bond acceptors (Lipinski definition) is 6. The average Bonchev–Trinajstić information content (AvgIpc) is 2.99. The highest BCUT2D eigenvalue weighted by molar-refractivity contribution is 7.47. The van der Waals surface area contributed by atoms with Crippen molar-refractivity contribution in [3.8, 4) is 0 Å². The molecule has 0 radical (unpaired) electrons. The van der Waals surface area contributed by atoms with Crippen LogP contribution in [-0.4, -0.2) is 75.6 Å². The lowest BCUT2D eigenvalue weighted by Crippen LogP contribution is -2.37. The van der Waals surface area contributed by atoms with Gasteiger partial charge in [0.25, 0.3) is 0 Å². The van der Waals surface area contributed by atoms with Crippen LogP contribution in [0, 0.1) is 0 Å². The quantitative estimate of drug-likeness (QED) is 0.0239. The topological polar surface area (TPSA) is 91.3 Å². The minimum Gasteiger partial charge on any atom is -0.457 e. The monoisotopic (exact) mass is 675 g/mol. The van der Waals surface area contributed by atoms with Gasteiger partial charge in [-0.3, -0.25) is 13.8 Å². The van der Waals surface area contributed by atoms with Crippen molar-refractivity contribution in [2.45, 2.75) is 155 Å². The molecule has 272 valence electrons. The Hall–Kier alpha value is -1.02. The molecule has 8 nitrogen and oxygen atoms in total. The third-order valence-corrected chi connectivity index (χ3v) is 8.75. The van der Waals surface area contributed by atoms with Crippen molar-refractivity contribution in [3.63, 3.8) is 0 Å². The molecule has 9 heteroatoms. The fraction of sp³-hybridized carbons (Fsp3) is 0.865. The van der Waals surface area contributed by atoms with Gasteiger partial charge in [0.2, 0.25) is 0 Å². The molecule has 0 saturated carbocycles. The number of carbonyl (C=O) groups is 1. The molecule has 0 fully saturated rings. The number of likely N-dealkylation sites (N-methyl/N-ethyl adjacent to an activating group) is 1. The Morgan fingerprint density at radius 1 is 0.674 bits per heavy atom. The smallest absolute Gasteiger partial charge is 0.457 e. The van der Waals surface area contributed by atoms with E-state index in [9.17, 15) is 14.3 Å². The lowest BCUT2D eigenvalue weighted by molar-refractivity contribution is -0.870. The SMILES string of the molecule is CCCCC/C=C\C/C=C\CCCCCCCCCC(=O)OC(COCCCCCCCCC)COP(=O)(O)OCC[N+](C)(C)C. The van der Waals surface area contributed by atoms with Gasteiger partial charge in [0.15, 0.2) is 0 Å². The van der Waals surface area contributed by atoms with E-state index in [4.69, 9.17) is 18.5 Å². The fourth-order valence-corrected chi connectivity index (χ4v) is 5.56. The molecule has 0 aromatic carbocycles. The standard InChI is InChI=1S/C37H72NO7P/c1-6-8-10-12-14-15-16-17-18-19-20-21-22-23-24-26-28-30-37(39)45-36(34-42-32-29-27-25-13-11-9-7-2)35-44-46(40,41)43-33-31-38(3,4)5/h14-15,17-18,36H,6-13,16,19-35H2,1-5H3/p+1/b15-14-,18-17-. The van der Waals surface area contributed by atoms with Crippen molar-refractivity contribution in [1.29, 1.82) is 0 Å². The summed E-state index contributed by atoms with van der Waals surface area (Å²) in [6, 6.07) is 0. The molecule has 0 aliphatic heterocycles. The van der Waals surface area contributed by atoms with Gasteiger partial charge in [-0.25, -0.2) is 4.57 Å².